The molecule has 0 N–H and O–H groups in total. The highest BCUT2D eigenvalue weighted by atomic mass is 32.2. The molecule has 1 aliphatic carbocycles. The van der Waals surface area contributed by atoms with Gasteiger partial charge in [0.15, 0.2) is 0 Å². The van der Waals surface area contributed by atoms with Gasteiger partial charge in [-0.05, 0) is 21.9 Å². The zero-order chi connectivity index (χ0) is 14.7. The first-order chi connectivity index (χ1) is 9.21. The van der Waals surface area contributed by atoms with Crippen molar-refractivity contribution in [1.29, 1.82) is 0 Å². The van der Waals surface area contributed by atoms with E-state index in [4.69, 9.17) is 0 Å². The van der Waals surface area contributed by atoms with Crippen LogP contribution in [0.25, 0.3) is 10.8 Å². The molecular weight excluding hydrogens is 304 g/mol. The predicted octanol–water partition coefficient (Wildman–Crippen LogP) is 1.03. The van der Waals surface area contributed by atoms with E-state index < -0.39 is 30.7 Å². The largest absolute Gasteiger partial charge is 0.747 e. The van der Waals surface area contributed by atoms with Crippen LogP contribution in [-0.4, -0.2) is 25.9 Å². The van der Waals surface area contributed by atoms with Crippen molar-refractivity contribution in [2.24, 2.45) is 0 Å². The Bertz CT molecular complexity index is 841. The Balaban J connectivity index is 2.48. The molecule has 0 spiro atoms. The van der Waals surface area contributed by atoms with Crippen LogP contribution in [0.1, 0.15) is 21.6 Å². The van der Waals surface area contributed by atoms with Gasteiger partial charge in [-0.25, -0.2) is 16.8 Å². The molecule has 2 unspecified atom stereocenters. The molecule has 106 valence electrons. The number of hydrogen-bond acceptors (Lipinski definition) is 6. The van der Waals surface area contributed by atoms with E-state index in [1.165, 1.54) is 24.3 Å². The first kappa shape index (κ1) is 13.5. The van der Waals surface area contributed by atoms with Gasteiger partial charge in [-0.1, -0.05) is 36.4 Å². The third-order valence-electron chi connectivity index (χ3n) is 3.48. The summed E-state index contributed by atoms with van der Waals surface area (Å²) < 4.78 is 68.6. The molecule has 0 saturated heterocycles. The molecule has 0 aliphatic heterocycles. The van der Waals surface area contributed by atoms with Crippen molar-refractivity contribution in [3.63, 3.8) is 0 Å². The molecule has 2 atom stereocenters. The van der Waals surface area contributed by atoms with Gasteiger partial charge in [0.05, 0.1) is 10.5 Å². The zero-order valence-electron chi connectivity index (χ0n) is 9.88. The highest BCUT2D eigenvalue weighted by molar-refractivity contribution is 7.90. The molecule has 0 radical (unpaired) electrons. The summed E-state index contributed by atoms with van der Waals surface area (Å²) in [6, 6.07) is 9.13. The normalized spacial score (nSPS) is 22.3. The second-order valence-electron chi connectivity index (χ2n) is 4.62. The van der Waals surface area contributed by atoms with Crippen LogP contribution in [0.3, 0.4) is 0 Å². The van der Waals surface area contributed by atoms with Crippen molar-refractivity contribution in [3.8, 4) is 0 Å². The molecule has 0 bridgehead atoms. The fraction of sp³-hybridized carbons (Fsp3) is 0.167. The van der Waals surface area contributed by atoms with E-state index in [0.29, 0.717) is 10.8 Å². The van der Waals surface area contributed by atoms with Gasteiger partial charge in [0.25, 0.3) is 0 Å². The summed E-state index contributed by atoms with van der Waals surface area (Å²) >= 11 is 0. The van der Waals surface area contributed by atoms with Crippen molar-refractivity contribution < 1.29 is 25.9 Å². The van der Waals surface area contributed by atoms with Gasteiger partial charge in [0.2, 0.25) is 0 Å². The van der Waals surface area contributed by atoms with Crippen LogP contribution in [-0.2, 0) is 20.2 Å². The smallest absolute Gasteiger partial charge is 0.103 e. The maximum absolute atomic E-state index is 11.4. The van der Waals surface area contributed by atoms with Crippen LogP contribution in [0.2, 0.25) is 0 Å². The SMILES string of the molecule is O=S(=O)([O-])C1c2cccc3cccc(c23)C1S(=O)(=O)[O-]. The first-order valence-electron chi connectivity index (χ1n) is 5.62. The van der Waals surface area contributed by atoms with Gasteiger partial charge in [-0.2, -0.15) is 0 Å². The summed E-state index contributed by atoms with van der Waals surface area (Å²) in [5.74, 6) is 0. The molecule has 2 aromatic rings. The number of rotatable bonds is 2. The van der Waals surface area contributed by atoms with E-state index in [9.17, 15) is 25.9 Å². The quantitative estimate of drug-likeness (QED) is 0.765. The van der Waals surface area contributed by atoms with E-state index in [1.54, 1.807) is 12.1 Å². The van der Waals surface area contributed by atoms with Crippen LogP contribution in [0.15, 0.2) is 36.4 Å². The van der Waals surface area contributed by atoms with Crippen molar-refractivity contribution in [2.75, 3.05) is 0 Å². The Hall–Kier alpha value is -1.48. The van der Waals surface area contributed by atoms with Crippen molar-refractivity contribution in [3.05, 3.63) is 47.5 Å². The molecule has 1 aliphatic rings. The second kappa shape index (κ2) is 4.01. The standard InChI is InChI=1S/C12H10O6S2/c13-19(14,15)11-8-5-1-3-7-4-2-6-9(10(7)8)12(11)20(16,17)18/h1-6,11-12H,(H,13,14,15)(H,16,17,18)/p-2. The van der Waals surface area contributed by atoms with Crippen LogP contribution in [0, 0.1) is 0 Å². The average molecular weight is 312 g/mol. The first-order valence-corrected chi connectivity index (χ1v) is 8.56. The summed E-state index contributed by atoms with van der Waals surface area (Å²) in [5, 5.41) is -2.80. The minimum atomic E-state index is -4.98. The average Bonchev–Trinajstić information content (AvgIpc) is 2.66. The third-order valence-corrected chi connectivity index (χ3v) is 5.95. The van der Waals surface area contributed by atoms with Gasteiger partial charge in [0, 0.05) is 0 Å². The van der Waals surface area contributed by atoms with E-state index in [1.807, 2.05) is 0 Å². The van der Waals surface area contributed by atoms with Crippen molar-refractivity contribution >= 4 is 31.0 Å². The number of hydrogen-bond donors (Lipinski definition) is 0. The maximum atomic E-state index is 11.4. The second-order valence-corrected chi connectivity index (χ2v) is 7.61. The lowest BCUT2D eigenvalue weighted by atomic mass is 10.1. The van der Waals surface area contributed by atoms with E-state index in [0.717, 1.165) is 0 Å². The third kappa shape index (κ3) is 1.84. The van der Waals surface area contributed by atoms with Crippen molar-refractivity contribution in [1.82, 2.24) is 0 Å². The maximum Gasteiger partial charge on any atom is 0.103 e. The van der Waals surface area contributed by atoms with Gasteiger partial charge in [-0.15, -0.1) is 0 Å². The Labute approximate surface area is 115 Å². The fourth-order valence-corrected chi connectivity index (χ4v) is 5.54. The summed E-state index contributed by atoms with van der Waals surface area (Å²) in [4.78, 5) is 0. The molecule has 2 aromatic carbocycles. The van der Waals surface area contributed by atoms with E-state index >= 15 is 0 Å². The molecule has 0 heterocycles. The van der Waals surface area contributed by atoms with Crippen LogP contribution >= 0.6 is 0 Å². The van der Waals surface area contributed by atoms with Crippen molar-refractivity contribution in [2.45, 2.75) is 10.5 Å². The van der Waals surface area contributed by atoms with Crippen LogP contribution in [0.5, 0.6) is 0 Å². The molecule has 0 fully saturated rings. The lowest BCUT2D eigenvalue weighted by molar-refractivity contribution is 0.426. The Morgan fingerprint density at radius 3 is 1.50 bits per heavy atom. The lowest BCUT2D eigenvalue weighted by Crippen LogP contribution is -2.23. The Morgan fingerprint density at radius 1 is 0.750 bits per heavy atom. The molecule has 0 saturated carbocycles. The predicted molar refractivity (Wildman–Crippen MR) is 68.8 cm³/mol. The summed E-state index contributed by atoms with van der Waals surface area (Å²) in [6.45, 7) is 0. The van der Waals surface area contributed by atoms with E-state index in [-0.39, 0.29) is 11.1 Å². The summed E-state index contributed by atoms with van der Waals surface area (Å²) in [7, 11) is -9.96. The van der Waals surface area contributed by atoms with Gasteiger partial charge in [0.1, 0.15) is 20.2 Å². The molecule has 6 nitrogen and oxygen atoms in total. The molecule has 0 amide bonds. The molecule has 3 rings (SSSR count). The van der Waals surface area contributed by atoms with Gasteiger partial charge in [-0.3, -0.25) is 0 Å². The van der Waals surface area contributed by atoms with Crippen LogP contribution in [0.4, 0.5) is 0 Å². The van der Waals surface area contributed by atoms with Gasteiger partial charge < -0.3 is 9.11 Å². The Morgan fingerprint density at radius 2 is 1.15 bits per heavy atom. The van der Waals surface area contributed by atoms with E-state index in [2.05, 4.69) is 0 Å². The highest BCUT2D eigenvalue weighted by Gasteiger charge is 2.42. The fourth-order valence-electron chi connectivity index (χ4n) is 2.81. The summed E-state index contributed by atoms with van der Waals surface area (Å²) in [5.41, 5.74) is 0.162. The topological polar surface area (TPSA) is 114 Å². The molecule has 20 heavy (non-hydrogen) atoms. The molecular formula is C12H8O6S2-2. The highest BCUT2D eigenvalue weighted by Crippen LogP contribution is 2.51. The van der Waals surface area contributed by atoms with Crippen LogP contribution < -0.4 is 0 Å². The minimum absolute atomic E-state index is 0.0810. The summed E-state index contributed by atoms with van der Waals surface area (Å²) in [6.07, 6.45) is 0. The molecule has 0 aromatic heterocycles. The molecule has 8 heteroatoms. The minimum Gasteiger partial charge on any atom is -0.747 e. The lowest BCUT2D eigenvalue weighted by Gasteiger charge is -2.26. The Kier molecular flexibility index (Phi) is 2.71. The number of benzene rings is 2. The zero-order valence-corrected chi connectivity index (χ0v) is 11.5. The van der Waals surface area contributed by atoms with Gasteiger partial charge >= 0.3 is 0 Å². The monoisotopic (exact) mass is 312 g/mol.